The van der Waals surface area contributed by atoms with Crippen LogP contribution in [0.4, 0.5) is 0 Å². The molecule has 0 radical (unpaired) electrons. The van der Waals surface area contributed by atoms with Crippen LogP contribution in [0.1, 0.15) is 51.9 Å². The maximum absolute atomic E-state index is 5.63. The monoisotopic (exact) mass is 183 g/mol. The van der Waals surface area contributed by atoms with E-state index in [1.165, 1.54) is 0 Å². The normalized spacial score (nSPS) is 14.5. The Morgan fingerprint density at radius 2 is 2.15 bits per heavy atom. The van der Waals surface area contributed by atoms with E-state index >= 15 is 0 Å². The van der Waals surface area contributed by atoms with Crippen LogP contribution in [0.15, 0.2) is 4.52 Å². The zero-order chi connectivity index (χ0) is 10.1. The summed E-state index contributed by atoms with van der Waals surface area (Å²) in [5, 5.41) is 3.82. The molecule has 2 N–H and O–H groups in total. The number of nitrogens with two attached hydrogens (primary N) is 1. The fraction of sp³-hybridized carbons (Fsp3) is 0.778. The third kappa shape index (κ3) is 2.06. The molecule has 1 atom stereocenters. The van der Waals surface area contributed by atoms with Gasteiger partial charge in [-0.25, -0.2) is 0 Å². The first-order chi connectivity index (χ1) is 5.97. The van der Waals surface area contributed by atoms with Crippen molar-refractivity contribution in [2.24, 2.45) is 5.73 Å². The van der Waals surface area contributed by atoms with Gasteiger partial charge in [0.1, 0.15) is 0 Å². The van der Waals surface area contributed by atoms with Crippen LogP contribution in [0.5, 0.6) is 0 Å². The maximum atomic E-state index is 5.63. The van der Waals surface area contributed by atoms with E-state index in [4.69, 9.17) is 10.3 Å². The summed E-state index contributed by atoms with van der Waals surface area (Å²) in [6, 6.07) is -0.162. The Labute approximate surface area is 78.5 Å². The molecular weight excluding hydrogens is 166 g/mol. The van der Waals surface area contributed by atoms with E-state index in [-0.39, 0.29) is 11.5 Å². The first-order valence-electron chi connectivity index (χ1n) is 4.57. The Bertz CT molecular complexity index is 278. The smallest absolute Gasteiger partial charge is 0.232 e. The Kier molecular flexibility index (Phi) is 2.71. The highest BCUT2D eigenvalue weighted by molar-refractivity contribution is 5.01. The largest absolute Gasteiger partial charge is 0.339 e. The molecule has 0 amide bonds. The van der Waals surface area contributed by atoms with Crippen molar-refractivity contribution < 1.29 is 4.52 Å². The van der Waals surface area contributed by atoms with Gasteiger partial charge in [0.15, 0.2) is 5.82 Å². The summed E-state index contributed by atoms with van der Waals surface area (Å²) >= 11 is 0. The van der Waals surface area contributed by atoms with Gasteiger partial charge in [-0.05, 0) is 13.3 Å². The Morgan fingerprint density at radius 1 is 1.54 bits per heavy atom. The molecule has 0 saturated carbocycles. The number of nitrogens with zero attached hydrogens (tertiary/aromatic N) is 2. The van der Waals surface area contributed by atoms with Crippen molar-refractivity contribution in [2.45, 2.75) is 45.6 Å². The lowest BCUT2D eigenvalue weighted by atomic mass is 9.90. The molecule has 0 aliphatic heterocycles. The van der Waals surface area contributed by atoms with Crippen molar-refractivity contribution in [1.82, 2.24) is 10.1 Å². The summed E-state index contributed by atoms with van der Waals surface area (Å²) < 4.78 is 5.14. The molecular formula is C9H17N3O. The molecule has 4 nitrogen and oxygen atoms in total. The Balaban J connectivity index is 2.91. The standard InChI is InChI=1S/C9H17N3O/c1-5-9(3,4)8-11-7(6(2)10)12-13-8/h6H,5,10H2,1-4H3. The van der Waals surface area contributed by atoms with Crippen LogP contribution < -0.4 is 5.73 Å². The maximum Gasteiger partial charge on any atom is 0.232 e. The van der Waals surface area contributed by atoms with Crippen LogP contribution in [0, 0.1) is 0 Å². The molecule has 1 heterocycles. The topological polar surface area (TPSA) is 64.9 Å². The third-order valence-corrected chi connectivity index (χ3v) is 2.31. The summed E-state index contributed by atoms with van der Waals surface area (Å²) in [7, 11) is 0. The third-order valence-electron chi connectivity index (χ3n) is 2.31. The van der Waals surface area contributed by atoms with Gasteiger partial charge in [-0.15, -0.1) is 0 Å². The molecule has 74 valence electrons. The van der Waals surface area contributed by atoms with E-state index in [2.05, 4.69) is 30.9 Å². The zero-order valence-electron chi connectivity index (χ0n) is 8.66. The lowest BCUT2D eigenvalue weighted by Gasteiger charge is -2.15. The SMILES string of the molecule is CCC(C)(C)c1nc(C(C)N)no1. The van der Waals surface area contributed by atoms with Gasteiger partial charge in [0.2, 0.25) is 5.89 Å². The molecule has 0 aromatic carbocycles. The second-order valence-corrected chi connectivity index (χ2v) is 3.98. The highest BCUT2D eigenvalue weighted by atomic mass is 16.5. The molecule has 0 saturated heterocycles. The highest BCUT2D eigenvalue weighted by Gasteiger charge is 2.25. The van der Waals surface area contributed by atoms with Crippen LogP contribution in [-0.2, 0) is 5.41 Å². The Hall–Kier alpha value is -0.900. The molecule has 1 aromatic heterocycles. The molecule has 0 aliphatic carbocycles. The number of rotatable bonds is 3. The summed E-state index contributed by atoms with van der Waals surface area (Å²) in [4.78, 5) is 4.25. The lowest BCUT2D eigenvalue weighted by molar-refractivity contribution is 0.299. The number of hydrogen-bond acceptors (Lipinski definition) is 4. The second kappa shape index (κ2) is 3.46. The first-order valence-corrected chi connectivity index (χ1v) is 4.57. The summed E-state index contributed by atoms with van der Waals surface area (Å²) in [5.41, 5.74) is 5.57. The average Bonchev–Trinajstić information content (AvgIpc) is 2.52. The van der Waals surface area contributed by atoms with E-state index in [9.17, 15) is 0 Å². The number of aromatic nitrogens is 2. The van der Waals surface area contributed by atoms with Crippen molar-refractivity contribution in [3.63, 3.8) is 0 Å². The first kappa shape index (κ1) is 10.2. The van der Waals surface area contributed by atoms with Crippen molar-refractivity contribution in [1.29, 1.82) is 0 Å². The molecule has 0 bridgehead atoms. The molecule has 0 fully saturated rings. The van der Waals surface area contributed by atoms with Gasteiger partial charge in [0.05, 0.1) is 6.04 Å². The zero-order valence-corrected chi connectivity index (χ0v) is 8.66. The molecule has 1 rings (SSSR count). The van der Waals surface area contributed by atoms with Gasteiger partial charge in [-0.1, -0.05) is 25.9 Å². The van der Waals surface area contributed by atoms with Gasteiger partial charge in [-0.2, -0.15) is 4.98 Å². The predicted molar refractivity (Wildman–Crippen MR) is 50.2 cm³/mol. The van der Waals surface area contributed by atoms with Crippen molar-refractivity contribution in [3.8, 4) is 0 Å². The number of hydrogen-bond donors (Lipinski definition) is 1. The lowest BCUT2D eigenvalue weighted by Crippen LogP contribution is -2.16. The van der Waals surface area contributed by atoms with Gasteiger partial charge in [0, 0.05) is 5.41 Å². The fourth-order valence-electron chi connectivity index (χ4n) is 0.846. The van der Waals surface area contributed by atoms with Gasteiger partial charge >= 0.3 is 0 Å². The summed E-state index contributed by atoms with van der Waals surface area (Å²) in [6.07, 6.45) is 0.966. The van der Waals surface area contributed by atoms with E-state index in [0.717, 1.165) is 6.42 Å². The predicted octanol–water partition coefficient (Wildman–Crippen LogP) is 1.78. The van der Waals surface area contributed by atoms with Crippen LogP contribution in [0.3, 0.4) is 0 Å². The highest BCUT2D eigenvalue weighted by Crippen LogP contribution is 2.25. The van der Waals surface area contributed by atoms with Crippen molar-refractivity contribution in [3.05, 3.63) is 11.7 Å². The molecule has 1 unspecified atom stereocenters. The van der Waals surface area contributed by atoms with Gasteiger partial charge < -0.3 is 10.3 Å². The van der Waals surface area contributed by atoms with Crippen molar-refractivity contribution in [2.75, 3.05) is 0 Å². The summed E-state index contributed by atoms with van der Waals surface area (Å²) in [6.45, 7) is 8.08. The minimum absolute atomic E-state index is 0.0554. The average molecular weight is 183 g/mol. The van der Waals surface area contributed by atoms with Gasteiger partial charge in [0.25, 0.3) is 0 Å². The molecule has 0 aliphatic rings. The fourth-order valence-corrected chi connectivity index (χ4v) is 0.846. The minimum Gasteiger partial charge on any atom is -0.339 e. The van der Waals surface area contributed by atoms with E-state index in [1.807, 2.05) is 6.92 Å². The van der Waals surface area contributed by atoms with Crippen LogP contribution in [0.2, 0.25) is 0 Å². The van der Waals surface area contributed by atoms with Crippen LogP contribution in [0.25, 0.3) is 0 Å². The van der Waals surface area contributed by atoms with E-state index in [1.54, 1.807) is 0 Å². The molecule has 0 spiro atoms. The molecule has 13 heavy (non-hydrogen) atoms. The van der Waals surface area contributed by atoms with Crippen molar-refractivity contribution >= 4 is 0 Å². The molecule has 4 heteroatoms. The Morgan fingerprint density at radius 3 is 2.54 bits per heavy atom. The summed E-state index contributed by atoms with van der Waals surface area (Å²) in [5.74, 6) is 1.25. The van der Waals surface area contributed by atoms with E-state index in [0.29, 0.717) is 11.7 Å². The van der Waals surface area contributed by atoms with Crippen LogP contribution in [-0.4, -0.2) is 10.1 Å². The second-order valence-electron chi connectivity index (χ2n) is 3.98. The quantitative estimate of drug-likeness (QED) is 0.775. The van der Waals surface area contributed by atoms with Crippen LogP contribution >= 0.6 is 0 Å². The van der Waals surface area contributed by atoms with E-state index < -0.39 is 0 Å². The van der Waals surface area contributed by atoms with Gasteiger partial charge in [-0.3, -0.25) is 0 Å². The minimum atomic E-state index is -0.162. The molecule has 1 aromatic rings.